The van der Waals surface area contributed by atoms with Crippen molar-refractivity contribution < 1.29 is 13.5 Å². The van der Waals surface area contributed by atoms with Crippen molar-refractivity contribution in [2.45, 2.75) is 32.7 Å². The van der Waals surface area contributed by atoms with Gasteiger partial charge >= 0.3 is 0 Å². The monoisotopic (exact) mass is 195 g/mol. The molecule has 0 unspecified atom stereocenters. The van der Waals surface area contributed by atoms with Crippen LogP contribution in [0.25, 0.3) is 0 Å². The number of aliphatic hydroxyl groups is 1. The molecule has 0 heterocycles. The Morgan fingerprint density at radius 2 is 2.00 bits per heavy atom. The van der Waals surface area contributed by atoms with Crippen LogP contribution in [0.4, 0.5) is 0 Å². The maximum absolute atomic E-state index is 11.1. The van der Waals surface area contributed by atoms with Crippen LogP contribution in [0.3, 0.4) is 0 Å². The summed E-state index contributed by atoms with van der Waals surface area (Å²) in [5.41, 5.74) is 0. The topological polar surface area (TPSA) is 66.4 Å². The Kier molecular flexibility index (Phi) is 5.44. The molecule has 0 aromatic carbocycles. The molecule has 0 rings (SSSR count). The summed E-state index contributed by atoms with van der Waals surface area (Å²) in [7, 11) is -3.17. The number of rotatable bonds is 6. The standard InChI is InChI=1S/C7H17NO3S/c1-3-5-12(10,11)8-7(4-2)6-9/h7-9H,3-6H2,1-2H3/t7-/m1/s1. The fourth-order valence-electron chi connectivity index (χ4n) is 0.831. The summed E-state index contributed by atoms with van der Waals surface area (Å²) in [5, 5.41) is 8.73. The van der Waals surface area contributed by atoms with Gasteiger partial charge in [-0.2, -0.15) is 0 Å². The summed E-state index contributed by atoms with van der Waals surface area (Å²) in [6.07, 6.45) is 1.21. The van der Waals surface area contributed by atoms with E-state index in [1.165, 1.54) is 0 Å². The van der Waals surface area contributed by atoms with Gasteiger partial charge in [-0.3, -0.25) is 0 Å². The molecule has 0 aliphatic carbocycles. The van der Waals surface area contributed by atoms with E-state index in [-0.39, 0.29) is 18.4 Å². The molecule has 12 heavy (non-hydrogen) atoms. The summed E-state index contributed by atoms with van der Waals surface area (Å²) in [6.45, 7) is 3.49. The van der Waals surface area contributed by atoms with Crippen LogP contribution in [0.15, 0.2) is 0 Å². The summed E-state index contributed by atoms with van der Waals surface area (Å²) < 4.78 is 24.7. The minimum absolute atomic E-state index is 0.128. The highest BCUT2D eigenvalue weighted by molar-refractivity contribution is 7.89. The second-order valence-electron chi connectivity index (χ2n) is 2.72. The molecule has 0 saturated carbocycles. The summed E-state index contributed by atoms with van der Waals surface area (Å²) in [4.78, 5) is 0. The van der Waals surface area contributed by atoms with Crippen molar-refractivity contribution in [3.8, 4) is 0 Å². The van der Waals surface area contributed by atoms with E-state index in [1.54, 1.807) is 6.92 Å². The summed E-state index contributed by atoms with van der Waals surface area (Å²) >= 11 is 0. The van der Waals surface area contributed by atoms with Gasteiger partial charge in [-0.15, -0.1) is 0 Å². The van der Waals surface area contributed by atoms with Crippen molar-refractivity contribution in [3.63, 3.8) is 0 Å². The first-order chi connectivity index (χ1) is 5.55. The van der Waals surface area contributed by atoms with Crippen LogP contribution in [0.5, 0.6) is 0 Å². The van der Waals surface area contributed by atoms with Gasteiger partial charge in [-0.25, -0.2) is 13.1 Å². The van der Waals surface area contributed by atoms with Crippen molar-refractivity contribution in [3.05, 3.63) is 0 Å². The molecule has 0 aromatic heterocycles. The molecule has 0 aliphatic heterocycles. The smallest absolute Gasteiger partial charge is 0.211 e. The number of aliphatic hydroxyl groups excluding tert-OH is 1. The van der Waals surface area contributed by atoms with E-state index in [9.17, 15) is 8.42 Å². The molecule has 4 nitrogen and oxygen atoms in total. The van der Waals surface area contributed by atoms with Crippen molar-refractivity contribution in [1.29, 1.82) is 0 Å². The molecule has 0 fully saturated rings. The molecule has 1 atom stereocenters. The molecule has 74 valence electrons. The van der Waals surface area contributed by atoms with E-state index < -0.39 is 10.0 Å². The Bertz CT molecular complexity index is 197. The highest BCUT2D eigenvalue weighted by atomic mass is 32.2. The van der Waals surface area contributed by atoms with Crippen LogP contribution < -0.4 is 4.72 Å². The molecule has 0 saturated heterocycles. The molecule has 0 aliphatic rings. The lowest BCUT2D eigenvalue weighted by atomic mass is 10.3. The Balaban J connectivity index is 4.03. The van der Waals surface area contributed by atoms with Crippen molar-refractivity contribution in [1.82, 2.24) is 4.72 Å². The lowest BCUT2D eigenvalue weighted by Crippen LogP contribution is -2.38. The van der Waals surface area contributed by atoms with Crippen molar-refractivity contribution in [2.24, 2.45) is 0 Å². The molecule has 0 bridgehead atoms. The van der Waals surface area contributed by atoms with Gasteiger partial charge in [0.15, 0.2) is 0 Å². The Labute approximate surface area is 74.0 Å². The zero-order chi connectivity index (χ0) is 9.61. The lowest BCUT2D eigenvalue weighted by Gasteiger charge is -2.13. The van der Waals surface area contributed by atoms with E-state index in [2.05, 4.69) is 4.72 Å². The van der Waals surface area contributed by atoms with Gasteiger partial charge in [-0.1, -0.05) is 13.8 Å². The second-order valence-corrected chi connectivity index (χ2v) is 4.60. The average Bonchev–Trinajstić information content (AvgIpc) is 2.00. The maximum Gasteiger partial charge on any atom is 0.211 e. The highest BCUT2D eigenvalue weighted by Gasteiger charge is 2.13. The van der Waals surface area contributed by atoms with E-state index in [0.29, 0.717) is 12.8 Å². The zero-order valence-corrected chi connectivity index (χ0v) is 8.39. The van der Waals surface area contributed by atoms with Crippen LogP contribution in [-0.2, 0) is 10.0 Å². The third-order valence-electron chi connectivity index (χ3n) is 1.53. The molecule has 0 spiro atoms. The van der Waals surface area contributed by atoms with Gasteiger partial charge in [0.1, 0.15) is 0 Å². The molecule has 2 N–H and O–H groups in total. The van der Waals surface area contributed by atoms with Gasteiger partial charge < -0.3 is 5.11 Å². The number of hydrogen-bond acceptors (Lipinski definition) is 3. The molecule has 0 aromatic rings. The fraction of sp³-hybridized carbons (Fsp3) is 1.00. The predicted octanol–water partition coefficient (Wildman–Crippen LogP) is 0.0867. The predicted molar refractivity (Wildman–Crippen MR) is 48.4 cm³/mol. The second kappa shape index (κ2) is 5.50. The van der Waals surface area contributed by atoms with Gasteiger partial charge in [0, 0.05) is 6.04 Å². The minimum atomic E-state index is -3.17. The third-order valence-corrected chi connectivity index (χ3v) is 3.17. The Hall–Kier alpha value is -0.130. The fourth-order valence-corrected chi connectivity index (χ4v) is 2.24. The van der Waals surface area contributed by atoms with Crippen molar-refractivity contribution >= 4 is 10.0 Å². The first-order valence-corrected chi connectivity index (χ1v) is 5.81. The first-order valence-electron chi connectivity index (χ1n) is 4.16. The number of nitrogens with one attached hydrogen (secondary N) is 1. The minimum Gasteiger partial charge on any atom is -0.395 e. The average molecular weight is 195 g/mol. The van der Waals surface area contributed by atoms with Gasteiger partial charge in [0.2, 0.25) is 10.0 Å². The van der Waals surface area contributed by atoms with Crippen LogP contribution in [-0.4, -0.2) is 31.9 Å². The van der Waals surface area contributed by atoms with Crippen LogP contribution in [0.1, 0.15) is 26.7 Å². The highest BCUT2D eigenvalue weighted by Crippen LogP contribution is 1.95. The molecule has 5 heteroatoms. The van der Waals surface area contributed by atoms with Crippen LogP contribution in [0.2, 0.25) is 0 Å². The van der Waals surface area contributed by atoms with Crippen LogP contribution in [0, 0.1) is 0 Å². The molecular formula is C7H17NO3S. The van der Waals surface area contributed by atoms with E-state index in [4.69, 9.17) is 5.11 Å². The first kappa shape index (κ1) is 11.9. The SMILES string of the molecule is CCCS(=O)(=O)N[C@H](CC)CO. The molecular weight excluding hydrogens is 178 g/mol. The molecule has 0 amide bonds. The quantitative estimate of drug-likeness (QED) is 0.631. The van der Waals surface area contributed by atoms with Crippen molar-refractivity contribution in [2.75, 3.05) is 12.4 Å². The number of sulfonamides is 1. The van der Waals surface area contributed by atoms with E-state index >= 15 is 0 Å². The van der Waals surface area contributed by atoms with Gasteiger partial charge in [0.05, 0.1) is 12.4 Å². The lowest BCUT2D eigenvalue weighted by molar-refractivity contribution is 0.254. The van der Waals surface area contributed by atoms with Gasteiger partial charge in [0.25, 0.3) is 0 Å². The summed E-state index contributed by atoms with van der Waals surface area (Å²) in [5.74, 6) is 0.128. The number of hydrogen-bond donors (Lipinski definition) is 2. The zero-order valence-electron chi connectivity index (χ0n) is 7.58. The summed E-state index contributed by atoms with van der Waals surface area (Å²) in [6, 6.07) is -0.332. The van der Waals surface area contributed by atoms with Crippen LogP contribution >= 0.6 is 0 Å². The van der Waals surface area contributed by atoms with E-state index in [0.717, 1.165) is 0 Å². The molecule has 0 radical (unpaired) electrons. The normalized spacial score (nSPS) is 14.6. The third kappa shape index (κ3) is 4.69. The Morgan fingerprint density at radius 1 is 1.42 bits per heavy atom. The maximum atomic E-state index is 11.1. The Morgan fingerprint density at radius 3 is 2.33 bits per heavy atom. The van der Waals surface area contributed by atoms with Gasteiger partial charge in [-0.05, 0) is 12.8 Å². The largest absolute Gasteiger partial charge is 0.395 e. The van der Waals surface area contributed by atoms with E-state index in [1.807, 2.05) is 6.92 Å².